The summed E-state index contributed by atoms with van der Waals surface area (Å²) in [5, 5.41) is 15.0. The van der Waals surface area contributed by atoms with Crippen molar-refractivity contribution < 1.29 is 17.7 Å². The first-order valence-corrected chi connectivity index (χ1v) is 11.8. The van der Waals surface area contributed by atoms with Crippen LogP contribution in [0, 0.1) is 19.8 Å². The van der Waals surface area contributed by atoms with E-state index in [1.54, 1.807) is 25.6 Å². The minimum Gasteiger partial charge on any atom is -0.360 e. The summed E-state index contributed by atoms with van der Waals surface area (Å²) in [6, 6.07) is 0. The first-order chi connectivity index (χ1) is 12.8. The Kier molecular flexibility index (Phi) is 6.18. The lowest BCUT2D eigenvalue weighted by Crippen LogP contribution is -2.41. The highest BCUT2D eigenvalue weighted by Crippen LogP contribution is 2.29. The Balaban J connectivity index is 1.60. The SMILES string of the molecule is CCSc1nnc(NC(=O)C2CCN(S(=O)(=O)c3c(C)noc3C)CC2)s1. The minimum absolute atomic E-state index is 0.125. The fourth-order valence-corrected chi connectivity index (χ4v) is 6.39. The molecule has 2 aromatic rings. The second-order valence-corrected chi connectivity index (χ2v) is 10.5. The smallest absolute Gasteiger partial charge is 0.248 e. The summed E-state index contributed by atoms with van der Waals surface area (Å²) in [6.07, 6.45) is 0.896. The molecule has 1 aliphatic heterocycles. The molecule has 1 amide bonds. The highest BCUT2D eigenvalue weighted by molar-refractivity contribution is 8.01. The van der Waals surface area contributed by atoms with Gasteiger partial charge in [0.2, 0.25) is 21.1 Å². The number of hydrogen-bond donors (Lipinski definition) is 1. The van der Waals surface area contributed by atoms with Gasteiger partial charge >= 0.3 is 0 Å². The summed E-state index contributed by atoms with van der Waals surface area (Å²) >= 11 is 2.91. The van der Waals surface area contributed by atoms with Crippen LogP contribution in [0.2, 0.25) is 0 Å². The summed E-state index contributed by atoms with van der Waals surface area (Å²) in [5.41, 5.74) is 0.351. The van der Waals surface area contributed by atoms with Crippen LogP contribution in [0.5, 0.6) is 0 Å². The van der Waals surface area contributed by atoms with Crippen molar-refractivity contribution in [1.82, 2.24) is 19.7 Å². The van der Waals surface area contributed by atoms with Crippen molar-refractivity contribution in [3.63, 3.8) is 0 Å². The molecule has 0 atom stereocenters. The molecule has 2 aromatic heterocycles. The zero-order valence-electron chi connectivity index (χ0n) is 15.3. The average molecular weight is 432 g/mol. The lowest BCUT2D eigenvalue weighted by Gasteiger charge is -2.30. The van der Waals surface area contributed by atoms with Crippen LogP contribution >= 0.6 is 23.1 Å². The van der Waals surface area contributed by atoms with Crippen molar-refractivity contribution in [3.05, 3.63) is 11.5 Å². The highest BCUT2D eigenvalue weighted by Gasteiger charge is 2.35. The topological polar surface area (TPSA) is 118 Å². The zero-order chi connectivity index (χ0) is 19.6. The van der Waals surface area contributed by atoms with Gasteiger partial charge in [0.25, 0.3) is 0 Å². The van der Waals surface area contributed by atoms with E-state index in [-0.39, 0.29) is 35.6 Å². The van der Waals surface area contributed by atoms with Crippen molar-refractivity contribution in [2.24, 2.45) is 5.92 Å². The fourth-order valence-electron chi connectivity index (χ4n) is 2.98. The number of piperidine rings is 1. The number of nitrogens with zero attached hydrogens (tertiary/aromatic N) is 4. The third-order valence-corrected chi connectivity index (χ3v) is 8.29. The summed E-state index contributed by atoms with van der Waals surface area (Å²) in [7, 11) is -3.67. The van der Waals surface area contributed by atoms with E-state index < -0.39 is 10.0 Å². The van der Waals surface area contributed by atoms with Crippen molar-refractivity contribution >= 4 is 44.2 Å². The molecule has 0 bridgehead atoms. The summed E-state index contributed by atoms with van der Waals surface area (Å²) in [5.74, 6) is 0.769. The van der Waals surface area contributed by atoms with E-state index in [9.17, 15) is 13.2 Å². The molecule has 0 radical (unpaired) electrons. The summed E-state index contributed by atoms with van der Waals surface area (Å²) in [6.45, 7) is 5.76. The van der Waals surface area contributed by atoms with Crippen LogP contribution in [0.4, 0.5) is 5.13 Å². The van der Waals surface area contributed by atoms with Gasteiger partial charge in [0.1, 0.15) is 10.6 Å². The van der Waals surface area contributed by atoms with Crippen molar-refractivity contribution in [2.45, 2.75) is 42.8 Å². The Morgan fingerprint density at radius 2 is 2.04 bits per heavy atom. The van der Waals surface area contributed by atoms with Gasteiger partial charge in [0.05, 0.1) is 0 Å². The monoisotopic (exact) mass is 431 g/mol. The number of anilines is 1. The van der Waals surface area contributed by atoms with Gasteiger partial charge in [-0.05, 0) is 32.4 Å². The van der Waals surface area contributed by atoms with Crippen LogP contribution in [-0.2, 0) is 14.8 Å². The number of sulfonamides is 1. The summed E-state index contributed by atoms with van der Waals surface area (Å²) < 4.78 is 32.8. The standard InChI is InChI=1S/C15H21N5O4S3/c1-4-25-15-18-17-14(26-15)16-13(21)11-5-7-20(8-6-11)27(22,23)12-9(2)19-24-10(12)3/h11H,4-8H2,1-3H3,(H,16,17,21). The number of carbonyl (C=O) groups excluding carboxylic acids is 1. The maximum Gasteiger partial charge on any atom is 0.248 e. The molecule has 148 valence electrons. The Morgan fingerprint density at radius 3 is 2.63 bits per heavy atom. The Bertz CT molecular complexity index is 896. The van der Waals surface area contributed by atoms with E-state index in [0.29, 0.717) is 23.7 Å². The second-order valence-electron chi connectivity index (χ2n) is 6.13. The largest absolute Gasteiger partial charge is 0.360 e. The number of carbonyl (C=O) groups is 1. The lowest BCUT2D eigenvalue weighted by atomic mass is 9.97. The van der Waals surface area contributed by atoms with Gasteiger partial charge in [-0.3, -0.25) is 4.79 Å². The summed E-state index contributed by atoms with van der Waals surface area (Å²) in [4.78, 5) is 12.6. The third-order valence-electron chi connectivity index (χ3n) is 4.29. The molecule has 0 unspecified atom stereocenters. The van der Waals surface area contributed by atoms with E-state index in [1.165, 1.54) is 15.6 Å². The maximum absolute atomic E-state index is 12.8. The van der Waals surface area contributed by atoms with Gasteiger partial charge in [-0.2, -0.15) is 4.31 Å². The molecular formula is C15H21N5O4S3. The normalized spacial score (nSPS) is 16.6. The van der Waals surface area contributed by atoms with E-state index in [2.05, 4.69) is 20.7 Å². The average Bonchev–Trinajstić information content (AvgIpc) is 3.21. The number of amides is 1. The number of aromatic nitrogens is 3. The molecule has 0 saturated carbocycles. The fraction of sp³-hybridized carbons (Fsp3) is 0.600. The molecule has 1 N–H and O–H groups in total. The first kappa shape index (κ1) is 20.2. The molecule has 12 heteroatoms. The van der Waals surface area contributed by atoms with E-state index in [1.807, 2.05) is 6.92 Å². The Morgan fingerprint density at radius 1 is 1.33 bits per heavy atom. The van der Waals surface area contributed by atoms with Crippen molar-refractivity contribution in [2.75, 3.05) is 24.2 Å². The molecule has 1 fully saturated rings. The second kappa shape index (κ2) is 8.25. The van der Waals surface area contributed by atoms with E-state index in [0.717, 1.165) is 10.1 Å². The number of aryl methyl sites for hydroxylation is 2. The predicted octanol–water partition coefficient (Wildman–Crippen LogP) is 2.29. The third kappa shape index (κ3) is 4.33. The Labute approximate surface area is 166 Å². The van der Waals surface area contributed by atoms with Gasteiger partial charge in [-0.25, -0.2) is 8.42 Å². The highest BCUT2D eigenvalue weighted by atomic mass is 32.2. The number of nitrogens with one attached hydrogen (secondary N) is 1. The zero-order valence-corrected chi connectivity index (χ0v) is 17.7. The molecular weight excluding hydrogens is 410 g/mol. The van der Waals surface area contributed by atoms with Crippen LogP contribution in [0.3, 0.4) is 0 Å². The predicted molar refractivity (Wildman–Crippen MR) is 102 cm³/mol. The van der Waals surface area contributed by atoms with Gasteiger partial charge in [-0.15, -0.1) is 10.2 Å². The van der Waals surface area contributed by atoms with Crippen molar-refractivity contribution in [3.8, 4) is 0 Å². The van der Waals surface area contributed by atoms with Gasteiger partial charge in [0.15, 0.2) is 10.1 Å². The van der Waals surface area contributed by atoms with Crippen LogP contribution in [0.1, 0.15) is 31.2 Å². The molecule has 0 aromatic carbocycles. The van der Waals surface area contributed by atoms with Crippen LogP contribution in [-0.4, -0.2) is 52.8 Å². The van der Waals surface area contributed by atoms with Gasteiger partial charge in [-0.1, -0.05) is 35.2 Å². The van der Waals surface area contributed by atoms with Crippen LogP contribution in [0.25, 0.3) is 0 Å². The molecule has 1 aliphatic rings. The molecule has 3 rings (SSSR count). The van der Waals surface area contributed by atoms with E-state index >= 15 is 0 Å². The molecule has 9 nitrogen and oxygen atoms in total. The molecule has 27 heavy (non-hydrogen) atoms. The van der Waals surface area contributed by atoms with Gasteiger partial charge < -0.3 is 9.84 Å². The number of thioether (sulfide) groups is 1. The number of hydrogen-bond acceptors (Lipinski definition) is 9. The molecule has 3 heterocycles. The van der Waals surface area contributed by atoms with Gasteiger partial charge in [0, 0.05) is 19.0 Å². The van der Waals surface area contributed by atoms with Crippen LogP contribution in [0.15, 0.2) is 13.8 Å². The molecule has 1 saturated heterocycles. The first-order valence-electron chi connectivity index (χ1n) is 8.53. The number of rotatable bonds is 6. The molecule has 0 aliphatic carbocycles. The maximum atomic E-state index is 12.8. The van der Waals surface area contributed by atoms with Crippen LogP contribution < -0.4 is 5.32 Å². The van der Waals surface area contributed by atoms with Crippen molar-refractivity contribution in [1.29, 1.82) is 0 Å². The quantitative estimate of drug-likeness (QED) is 0.547. The minimum atomic E-state index is -3.67. The lowest BCUT2D eigenvalue weighted by molar-refractivity contribution is -0.120. The Hall–Kier alpha value is -1.50. The molecule has 0 spiro atoms. The van der Waals surface area contributed by atoms with E-state index in [4.69, 9.17) is 4.52 Å².